The van der Waals surface area contributed by atoms with Gasteiger partial charge in [-0.2, -0.15) is 0 Å². The molecule has 3 amide bonds. The zero-order valence-electron chi connectivity index (χ0n) is 11.3. The van der Waals surface area contributed by atoms with Gasteiger partial charge < -0.3 is 21.5 Å². The Morgan fingerprint density at radius 3 is 2.43 bits per heavy atom. The van der Waals surface area contributed by atoms with Gasteiger partial charge in [0.1, 0.15) is 6.04 Å². The number of carboxylic acids is 1. The molecular formula is C13H16ClN3O4. The molecule has 114 valence electrons. The van der Waals surface area contributed by atoms with Crippen molar-refractivity contribution in [2.24, 2.45) is 5.73 Å². The minimum atomic E-state index is -1.37. The Morgan fingerprint density at radius 2 is 1.90 bits per heavy atom. The zero-order chi connectivity index (χ0) is 16.0. The number of primary amides is 1. The van der Waals surface area contributed by atoms with Crippen LogP contribution in [0.2, 0.25) is 5.02 Å². The summed E-state index contributed by atoms with van der Waals surface area (Å²) in [4.78, 5) is 33.4. The lowest BCUT2D eigenvalue weighted by molar-refractivity contribution is -0.140. The van der Waals surface area contributed by atoms with E-state index in [4.69, 9.17) is 22.4 Å². The summed E-state index contributed by atoms with van der Waals surface area (Å²) >= 11 is 6.00. The summed E-state index contributed by atoms with van der Waals surface area (Å²) in [6, 6.07) is 4.42. The maximum atomic E-state index is 11.8. The third-order valence-corrected chi connectivity index (χ3v) is 3.07. The molecule has 7 nitrogen and oxygen atoms in total. The maximum absolute atomic E-state index is 11.8. The third-order valence-electron chi connectivity index (χ3n) is 2.73. The molecule has 0 aliphatic carbocycles. The van der Waals surface area contributed by atoms with E-state index < -0.39 is 36.4 Å². The van der Waals surface area contributed by atoms with E-state index in [2.05, 4.69) is 10.6 Å². The van der Waals surface area contributed by atoms with Gasteiger partial charge in [0.25, 0.3) is 0 Å². The number of carboxylic acid groups (broad SMARTS) is 1. The van der Waals surface area contributed by atoms with Gasteiger partial charge in [0.2, 0.25) is 5.91 Å². The molecule has 0 heterocycles. The van der Waals surface area contributed by atoms with E-state index in [-0.39, 0.29) is 0 Å². The second-order valence-corrected chi connectivity index (χ2v) is 4.83. The molecule has 5 N–H and O–H groups in total. The average Bonchev–Trinajstić information content (AvgIpc) is 2.37. The lowest BCUT2D eigenvalue weighted by Crippen LogP contribution is -2.48. The first-order valence-corrected chi connectivity index (χ1v) is 6.51. The Balaban J connectivity index is 2.66. The second kappa shape index (κ2) is 7.49. The molecule has 1 rings (SSSR count). The SMILES string of the molecule is CC(NC(=O)N[C@@H](CC(N)=O)C(=O)O)c1ccccc1Cl. The summed E-state index contributed by atoms with van der Waals surface area (Å²) in [6.07, 6.45) is -0.483. The standard InChI is InChI=1S/C13H16ClN3O4/c1-7(8-4-2-3-5-9(8)14)16-13(21)17-10(12(19)20)6-11(15)18/h2-5,7,10H,6H2,1H3,(H2,15,18)(H,19,20)(H2,16,17,21)/t7?,10-/m0/s1. The monoisotopic (exact) mass is 313 g/mol. The molecule has 1 aromatic carbocycles. The molecule has 0 saturated heterocycles. The van der Waals surface area contributed by atoms with Crippen LogP contribution in [0.4, 0.5) is 4.79 Å². The summed E-state index contributed by atoms with van der Waals surface area (Å²) in [5, 5.41) is 14.1. The zero-order valence-corrected chi connectivity index (χ0v) is 12.1. The quantitative estimate of drug-likeness (QED) is 0.626. The first kappa shape index (κ1) is 16.8. The molecule has 0 aliphatic heterocycles. The molecule has 21 heavy (non-hydrogen) atoms. The summed E-state index contributed by atoms with van der Waals surface area (Å²) < 4.78 is 0. The van der Waals surface area contributed by atoms with Crippen LogP contribution in [-0.2, 0) is 9.59 Å². The number of rotatable bonds is 6. The van der Waals surface area contributed by atoms with Crippen molar-refractivity contribution in [3.05, 3.63) is 34.9 Å². The minimum absolute atomic E-state index is 0.429. The molecule has 0 spiro atoms. The molecule has 1 unspecified atom stereocenters. The Hall–Kier alpha value is -2.28. The van der Waals surface area contributed by atoms with Gasteiger partial charge in [0.05, 0.1) is 12.5 Å². The van der Waals surface area contributed by atoms with Crippen molar-refractivity contribution in [3.63, 3.8) is 0 Å². The van der Waals surface area contributed by atoms with E-state index >= 15 is 0 Å². The number of carbonyl (C=O) groups is 3. The number of amides is 3. The van der Waals surface area contributed by atoms with Gasteiger partial charge in [0, 0.05) is 5.02 Å². The molecule has 0 saturated carbocycles. The summed E-state index contributed by atoms with van der Waals surface area (Å²) in [5.41, 5.74) is 5.62. The maximum Gasteiger partial charge on any atom is 0.326 e. The van der Waals surface area contributed by atoms with E-state index in [0.717, 1.165) is 0 Å². The van der Waals surface area contributed by atoms with E-state index in [9.17, 15) is 14.4 Å². The van der Waals surface area contributed by atoms with Crippen molar-refractivity contribution in [1.82, 2.24) is 10.6 Å². The van der Waals surface area contributed by atoms with E-state index in [0.29, 0.717) is 10.6 Å². The molecule has 8 heteroatoms. The number of hydrogen-bond donors (Lipinski definition) is 4. The van der Waals surface area contributed by atoms with Crippen LogP contribution >= 0.6 is 11.6 Å². The van der Waals surface area contributed by atoms with Crippen LogP contribution in [0.3, 0.4) is 0 Å². The summed E-state index contributed by atoms with van der Waals surface area (Å²) in [5.74, 6) is -2.16. The minimum Gasteiger partial charge on any atom is -0.480 e. The first-order valence-electron chi connectivity index (χ1n) is 6.13. The van der Waals surface area contributed by atoms with Crippen LogP contribution in [0, 0.1) is 0 Å². The van der Waals surface area contributed by atoms with Gasteiger partial charge in [-0.1, -0.05) is 29.8 Å². The highest BCUT2D eigenvalue weighted by Crippen LogP contribution is 2.21. The fourth-order valence-electron chi connectivity index (χ4n) is 1.70. The predicted molar refractivity (Wildman–Crippen MR) is 76.8 cm³/mol. The number of halogens is 1. The molecule has 0 aromatic heterocycles. The Morgan fingerprint density at radius 1 is 1.29 bits per heavy atom. The van der Waals surface area contributed by atoms with Crippen molar-refractivity contribution in [1.29, 1.82) is 0 Å². The van der Waals surface area contributed by atoms with Crippen molar-refractivity contribution in [3.8, 4) is 0 Å². The number of aliphatic carboxylic acids is 1. The van der Waals surface area contributed by atoms with Gasteiger partial charge in [-0.25, -0.2) is 9.59 Å². The molecule has 0 radical (unpaired) electrons. The highest BCUT2D eigenvalue weighted by atomic mass is 35.5. The highest BCUT2D eigenvalue weighted by Gasteiger charge is 2.23. The van der Waals surface area contributed by atoms with E-state index in [1.54, 1.807) is 31.2 Å². The van der Waals surface area contributed by atoms with Gasteiger partial charge in [-0.3, -0.25) is 4.79 Å². The predicted octanol–water partition coefficient (Wildman–Crippen LogP) is 1.03. The topological polar surface area (TPSA) is 122 Å². The van der Waals surface area contributed by atoms with Crippen LogP contribution in [0.25, 0.3) is 0 Å². The second-order valence-electron chi connectivity index (χ2n) is 4.42. The molecule has 0 bridgehead atoms. The third kappa shape index (κ3) is 5.31. The van der Waals surface area contributed by atoms with E-state index in [1.165, 1.54) is 0 Å². The number of carbonyl (C=O) groups excluding carboxylic acids is 2. The Bertz CT molecular complexity index is 550. The average molecular weight is 314 g/mol. The number of nitrogens with two attached hydrogens (primary N) is 1. The number of benzene rings is 1. The van der Waals surface area contributed by atoms with Crippen molar-refractivity contribution >= 4 is 29.5 Å². The molecule has 1 aromatic rings. The molecule has 0 fully saturated rings. The lowest BCUT2D eigenvalue weighted by atomic mass is 10.1. The van der Waals surface area contributed by atoms with Crippen molar-refractivity contribution < 1.29 is 19.5 Å². The number of urea groups is 1. The van der Waals surface area contributed by atoms with Gasteiger partial charge in [-0.05, 0) is 18.6 Å². The lowest BCUT2D eigenvalue weighted by Gasteiger charge is -2.18. The number of nitrogens with one attached hydrogen (secondary N) is 2. The smallest absolute Gasteiger partial charge is 0.326 e. The van der Waals surface area contributed by atoms with Crippen molar-refractivity contribution in [2.45, 2.75) is 25.4 Å². The fourth-order valence-corrected chi connectivity index (χ4v) is 2.00. The molecule has 2 atom stereocenters. The van der Waals surface area contributed by atoms with Crippen LogP contribution in [0.1, 0.15) is 24.9 Å². The van der Waals surface area contributed by atoms with E-state index in [1.807, 2.05) is 0 Å². The Labute approximate surface area is 126 Å². The van der Waals surface area contributed by atoms with Crippen molar-refractivity contribution in [2.75, 3.05) is 0 Å². The van der Waals surface area contributed by atoms with Crippen LogP contribution in [-0.4, -0.2) is 29.1 Å². The number of hydrogen-bond acceptors (Lipinski definition) is 3. The van der Waals surface area contributed by atoms with Gasteiger partial charge in [0.15, 0.2) is 0 Å². The van der Waals surface area contributed by atoms with Crippen LogP contribution in [0.15, 0.2) is 24.3 Å². The fraction of sp³-hybridized carbons (Fsp3) is 0.308. The Kier molecular flexibility index (Phi) is 5.98. The molecular weight excluding hydrogens is 298 g/mol. The van der Waals surface area contributed by atoms with Crippen LogP contribution < -0.4 is 16.4 Å². The normalized spacial score (nSPS) is 13.0. The highest BCUT2D eigenvalue weighted by molar-refractivity contribution is 6.31. The summed E-state index contributed by atoms with van der Waals surface area (Å²) in [6.45, 7) is 1.70. The first-order chi connectivity index (χ1) is 9.81. The van der Waals surface area contributed by atoms with Gasteiger partial charge >= 0.3 is 12.0 Å². The van der Waals surface area contributed by atoms with Gasteiger partial charge in [-0.15, -0.1) is 0 Å². The molecule has 0 aliphatic rings. The van der Waals surface area contributed by atoms with Crippen LogP contribution in [0.5, 0.6) is 0 Å². The summed E-state index contributed by atoms with van der Waals surface area (Å²) in [7, 11) is 0. The largest absolute Gasteiger partial charge is 0.480 e.